The van der Waals surface area contributed by atoms with Crippen LogP contribution in [0.1, 0.15) is 37.9 Å². The van der Waals surface area contributed by atoms with Crippen LogP contribution in [0.4, 0.5) is 5.69 Å². The van der Waals surface area contributed by atoms with Crippen molar-refractivity contribution in [1.82, 2.24) is 5.32 Å². The van der Waals surface area contributed by atoms with Gasteiger partial charge >= 0.3 is 0 Å². The molecule has 1 N–H and O–H groups in total. The third-order valence-electron chi connectivity index (χ3n) is 3.60. The fourth-order valence-corrected chi connectivity index (χ4v) is 2.39. The van der Waals surface area contributed by atoms with Crippen LogP contribution in [0.3, 0.4) is 0 Å². The van der Waals surface area contributed by atoms with E-state index in [2.05, 4.69) is 5.32 Å². The average Bonchev–Trinajstić information content (AvgIpc) is 2.60. The smallest absolute Gasteiger partial charge is 0.270 e. The summed E-state index contributed by atoms with van der Waals surface area (Å²) in [5.74, 6) is 0.477. The minimum atomic E-state index is -0.467. The lowest BCUT2D eigenvalue weighted by Crippen LogP contribution is -2.24. The Morgan fingerprint density at radius 3 is 2.58 bits per heavy atom. The molecule has 1 unspecified atom stereocenters. The molecular weight excluding hydrogens is 332 g/mol. The topological polar surface area (TPSA) is 81.5 Å². The van der Waals surface area contributed by atoms with Gasteiger partial charge in [-0.15, -0.1) is 0 Å². The highest BCUT2D eigenvalue weighted by Crippen LogP contribution is 2.20. The molecule has 1 amide bonds. The first kappa shape index (κ1) is 19.2. The van der Waals surface area contributed by atoms with Gasteiger partial charge in [0.15, 0.2) is 0 Å². The Balaban J connectivity index is 2.01. The van der Waals surface area contributed by atoms with Crippen molar-refractivity contribution in [3.05, 3.63) is 75.8 Å². The van der Waals surface area contributed by atoms with Gasteiger partial charge in [0.05, 0.1) is 17.1 Å². The Kier molecular flexibility index (Phi) is 6.49. The number of nitrogens with zero attached hydrogens (tertiary/aromatic N) is 1. The molecule has 0 aliphatic rings. The molecule has 0 fully saturated rings. The number of nitro benzene ring substituents is 1. The first-order valence-corrected chi connectivity index (χ1v) is 8.35. The number of hydrogen-bond donors (Lipinski definition) is 1. The quantitative estimate of drug-likeness (QED) is 0.457. The highest BCUT2D eigenvalue weighted by atomic mass is 16.6. The van der Waals surface area contributed by atoms with Crippen LogP contribution in [0.15, 0.2) is 54.6 Å². The Morgan fingerprint density at radius 2 is 1.88 bits per heavy atom. The number of benzene rings is 2. The molecule has 26 heavy (non-hydrogen) atoms. The van der Waals surface area contributed by atoms with Crippen molar-refractivity contribution in [2.24, 2.45) is 0 Å². The van der Waals surface area contributed by atoms with Crippen molar-refractivity contribution in [2.75, 3.05) is 0 Å². The highest BCUT2D eigenvalue weighted by Gasteiger charge is 2.09. The van der Waals surface area contributed by atoms with E-state index in [9.17, 15) is 14.9 Å². The van der Waals surface area contributed by atoms with E-state index in [0.717, 1.165) is 11.3 Å². The van der Waals surface area contributed by atoms with Crippen LogP contribution in [0.25, 0.3) is 6.08 Å². The van der Waals surface area contributed by atoms with Crippen molar-refractivity contribution in [3.63, 3.8) is 0 Å². The van der Waals surface area contributed by atoms with Crippen LogP contribution in [0, 0.1) is 10.1 Å². The van der Waals surface area contributed by atoms with E-state index in [1.807, 2.05) is 45.0 Å². The molecule has 0 bridgehead atoms. The van der Waals surface area contributed by atoms with Gasteiger partial charge in [-0.2, -0.15) is 0 Å². The van der Waals surface area contributed by atoms with E-state index in [1.165, 1.54) is 18.2 Å². The lowest BCUT2D eigenvalue weighted by molar-refractivity contribution is -0.384. The van der Waals surface area contributed by atoms with Crippen molar-refractivity contribution in [1.29, 1.82) is 0 Å². The maximum absolute atomic E-state index is 12.1. The lowest BCUT2D eigenvalue weighted by atomic mass is 10.1. The largest absolute Gasteiger partial charge is 0.491 e. The number of nitro groups is 1. The van der Waals surface area contributed by atoms with E-state index in [1.54, 1.807) is 18.2 Å². The molecule has 2 aromatic carbocycles. The molecular formula is C20H22N2O4. The molecule has 2 rings (SSSR count). The number of carbonyl (C=O) groups excluding carboxylic acids is 1. The molecule has 0 spiro atoms. The summed E-state index contributed by atoms with van der Waals surface area (Å²) in [6, 6.07) is 13.5. The van der Waals surface area contributed by atoms with Crippen LogP contribution in [-0.4, -0.2) is 16.9 Å². The molecule has 0 saturated heterocycles. The van der Waals surface area contributed by atoms with Crippen molar-refractivity contribution in [3.8, 4) is 5.75 Å². The van der Waals surface area contributed by atoms with Gasteiger partial charge in [-0.3, -0.25) is 14.9 Å². The molecule has 0 aliphatic carbocycles. The Labute approximate surface area is 152 Å². The zero-order valence-corrected chi connectivity index (χ0v) is 15.0. The van der Waals surface area contributed by atoms with E-state index < -0.39 is 4.92 Å². The first-order chi connectivity index (χ1) is 12.3. The zero-order valence-electron chi connectivity index (χ0n) is 15.0. The Morgan fingerprint density at radius 1 is 1.15 bits per heavy atom. The van der Waals surface area contributed by atoms with Gasteiger partial charge in [0.1, 0.15) is 5.75 Å². The Hall–Kier alpha value is -3.15. The summed E-state index contributed by atoms with van der Waals surface area (Å²) < 4.78 is 5.66. The fourth-order valence-electron chi connectivity index (χ4n) is 2.39. The number of amides is 1. The maximum Gasteiger partial charge on any atom is 0.270 e. The standard InChI is InChI=1S/C20H22N2O4/c1-14(2)26-19-9-5-7-17(13-19)15(3)21-20(23)11-10-16-6-4-8-18(12-16)22(24)25/h4-15H,1-3H3,(H,21,23)/b11-10+. The first-order valence-electron chi connectivity index (χ1n) is 8.35. The van der Waals surface area contributed by atoms with Crippen molar-refractivity contribution >= 4 is 17.7 Å². The predicted octanol–water partition coefficient (Wildman–Crippen LogP) is 4.27. The Bertz CT molecular complexity index is 815. The normalized spacial score (nSPS) is 12.2. The minimum absolute atomic E-state index is 0.0112. The summed E-state index contributed by atoms with van der Waals surface area (Å²) in [4.78, 5) is 22.4. The maximum atomic E-state index is 12.1. The van der Waals surface area contributed by atoms with E-state index in [0.29, 0.717) is 5.56 Å². The van der Waals surface area contributed by atoms with Gasteiger partial charge in [0.25, 0.3) is 5.69 Å². The van der Waals surface area contributed by atoms with Crippen molar-refractivity contribution in [2.45, 2.75) is 32.9 Å². The highest BCUT2D eigenvalue weighted by molar-refractivity contribution is 5.92. The summed E-state index contributed by atoms with van der Waals surface area (Å²) in [6.45, 7) is 5.79. The van der Waals surface area contributed by atoms with E-state index in [4.69, 9.17) is 4.74 Å². The van der Waals surface area contributed by atoms with E-state index >= 15 is 0 Å². The second-order valence-corrected chi connectivity index (χ2v) is 6.15. The van der Waals surface area contributed by atoms with Gasteiger partial charge in [-0.05, 0) is 50.1 Å². The predicted molar refractivity (Wildman–Crippen MR) is 101 cm³/mol. The molecule has 136 valence electrons. The lowest BCUT2D eigenvalue weighted by Gasteiger charge is -2.15. The second-order valence-electron chi connectivity index (χ2n) is 6.15. The SMILES string of the molecule is CC(C)Oc1cccc(C(C)NC(=O)/C=C/c2cccc([N+](=O)[O-])c2)c1. The van der Waals surface area contributed by atoms with Gasteiger partial charge < -0.3 is 10.1 Å². The molecule has 0 saturated carbocycles. The summed E-state index contributed by atoms with van der Waals surface area (Å²) >= 11 is 0. The third-order valence-corrected chi connectivity index (χ3v) is 3.60. The molecule has 0 heterocycles. The second kappa shape index (κ2) is 8.80. The number of carbonyl (C=O) groups is 1. The molecule has 6 nitrogen and oxygen atoms in total. The van der Waals surface area contributed by atoms with Gasteiger partial charge in [0.2, 0.25) is 5.91 Å². The van der Waals surface area contributed by atoms with Crippen LogP contribution in [-0.2, 0) is 4.79 Å². The zero-order chi connectivity index (χ0) is 19.1. The van der Waals surface area contributed by atoms with Crippen LogP contribution in [0.2, 0.25) is 0 Å². The van der Waals surface area contributed by atoms with Crippen LogP contribution in [0.5, 0.6) is 5.75 Å². The van der Waals surface area contributed by atoms with Crippen LogP contribution >= 0.6 is 0 Å². The molecule has 6 heteroatoms. The van der Waals surface area contributed by atoms with Crippen LogP contribution < -0.4 is 10.1 Å². The molecule has 0 aromatic heterocycles. The average molecular weight is 354 g/mol. The third kappa shape index (κ3) is 5.73. The number of ether oxygens (including phenoxy) is 1. The summed E-state index contributed by atoms with van der Waals surface area (Å²) in [5.41, 5.74) is 1.51. The summed E-state index contributed by atoms with van der Waals surface area (Å²) in [5, 5.41) is 13.6. The molecule has 0 aliphatic heterocycles. The summed E-state index contributed by atoms with van der Waals surface area (Å²) in [6.07, 6.45) is 2.99. The number of hydrogen-bond acceptors (Lipinski definition) is 4. The molecule has 2 aromatic rings. The fraction of sp³-hybridized carbons (Fsp3) is 0.250. The summed E-state index contributed by atoms with van der Waals surface area (Å²) in [7, 11) is 0. The minimum Gasteiger partial charge on any atom is -0.491 e. The molecule has 0 radical (unpaired) electrons. The van der Waals surface area contributed by atoms with E-state index in [-0.39, 0.29) is 23.7 Å². The number of nitrogens with one attached hydrogen (secondary N) is 1. The number of non-ortho nitro benzene ring substituents is 1. The molecule has 1 atom stereocenters. The van der Waals surface area contributed by atoms with Gasteiger partial charge in [-0.1, -0.05) is 24.3 Å². The number of rotatable bonds is 7. The van der Waals surface area contributed by atoms with Gasteiger partial charge in [-0.25, -0.2) is 0 Å². The van der Waals surface area contributed by atoms with Crippen molar-refractivity contribution < 1.29 is 14.5 Å². The van der Waals surface area contributed by atoms with Gasteiger partial charge in [0, 0.05) is 18.2 Å². The monoisotopic (exact) mass is 354 g/mol.